The molecule has 0 spiro atoms. The van der Waals surface area contributed by atoms with Crippen LogP contribution in [0.3, 0.4) is 0 Å². The first-order chi connectivity index (χ1) is 8.04. The second kappa shape index (κ2) is 7.01. The van der Waals surface area contributed by atoms with E-state index >= 15 is 0 Å². The Bertz CT molecular complexity index is 396. The van der Waals surface area contributed by atoms with Gasteiger partial charge in [0, 0.05) is 21.2 Å². The minimum absolute atomic E-state index is 0.166. The van der Waals surface area contributed by atoms with Crippen molar-refractivity contribution in [2.75, 3.05) is 18.5 Å². The van der Waals surface area contributed by atoms with Crippen LogP contribution in [0.2, 0.25) is 0 Å². The zero-order chi connectivity index (χ0) is 12.8. The lowest BCUT2D eigenvalue weighted by molar-refractivity contribution is -0.146. The van der Waals surface area contributed by atoms with E-state index in [-0.39, 0.29) is 11.9 Å². The van der Waals surface area contributed by atoms with E-state index in [1.165, 1.54) is 0 Å². The van der Waals surface area contributed by atoms with Gasteiger partial charge in [-0.2, -0.15) is 0 Å². The van der Waals surface area contributed by atoms with Crippen molar-refractivity contribution in [2.24, 2.45) is 5.92 Å². The zero-order valence-electron chi connectivity index (χ0n) is 9.80. The van der Waals surface area contributed by atoms with Gasteiger partial charge in [0.1, 0.15) is 0 Å². The topological polar surface area (TPSA) is 38.3 Å². The molecule has 0 aliphatic carbocycles. The maximum atomic E-state index is 11.4. The highest BCUT2D eigenvalue weighted by Crippen LogP contribution is 2.26. The van der Waals surface area contributed by atoms with E-state index in [2.05, 4.69) is 37.2 Å². The minimum Gasteiger partial charge on any atom is -0.466 e. The van der Waals surface area contributed by atoms with Crippen LogP contribution in [-0.2, 0) is 9.53 Å². The average Bonchev–Trinajstić information content (AvgIpc) is 2.30. The first-order valence-corrected chi connectivity index (χ1v) is 6.98. The molecule has 1 rings (SSSR count). The van der Waals surface area contributed by atoms with Crippen molar-refractivity contribution < 1.29 is 9.53 Å². The number of ether oxygens (including phenoxy) is 1. The Labute approximate surface area is 118 Å². The summed E-state index contributed by atoms with van der Waals surface area (Å²) in [6.45, 7) is 4.62. The van der Waals surface area contributed by atoms with Crippen molar-refractivity contribution in [2.45, 2.75) is 13.8 Å². The molecular weight excluding hydrogens is 350 g/mol. The monoisotopic (exact) mass is 363 g/mol. The fraction of sp³-hybridized carbons (Fsp3) is 0.417. The van der Waals surface area contributed by atoms with Crippen molar-refractivity contribution in [1.82, 2.24) is 0 Å². The third-order valence-corrected chi connectivity index (χ3v) is 3.40. The number of carbonyl (C=O) groups excluding carboxylic acids is 1. The fourth-order valence-corrected chi connectivity index (χ4v) is 2.01. The standard InChI is InChI=1S/C12H15Br2NO2/c1-3-17-12(16)8(2)7-15-11-6-9(13)4-5-10(11)14/h4-6,8,15H,3,7H2,1-2H3. The summed E-state index contributed by atoms with van der Waals surface area (Å²) in [7, 11) is 0. The molecule has 94 valence electrons. The summed E-state index contributed by atoms with van der Waals surface area (Å²) >= 11 is 6.85. The highest BCUT2D eigenvalue weighted by molar-refractivity contribution is 9.11. The highest BCUT2D eigenvalue weighted by atomic mass is 79.9. The number of anilines is 1. The lowest BCUT2D eigenvalue weighted by atomic mass is 10.2. The van der Waals surface area contributed by atoms with Gasteiger partial charge in [-0.05, 0) is 41.1 Å². The van der Waals surface area contributed by atoms with Crippen molar-refractivity contribution >= 4 is 43.5 Å². The molecule has 0 aromatic heterocycles. The second-order valence-corrected chi connectivity index (χ2v) is 5.43. The van der Waals surface area contributed by atoms with Gasteiger partial charge < -0.3 is 10.1 Å². The van der Waals surface area contributed by atoms with Gasteiger partial charge in [0.15, 0.2) is 0 Å². The Morgan fingerprint density at radius 1 is 1.47 bits per heavy atom. The number of esters is 1. The van der Waals surface area contributed by atoms with E-state index in [0.717, 1.165) is 14.6 Å². The number of carbonyl (C=O) groups is 1. The van der Waals surface area contributed by atoms with Crippen LogP contribution in [0.25, 0.3) is 0 Å². The normalized spacial score (nSPS) is 12.0. The quantitative estimate of drug-likeness (QED) is 0.807. The lowest BCUT2D eigenvalue weighted by Gasteiger charge is -2.13. The molecule has 0 saturated heterocycles. The molecule has 1 atom stereocenters. The van der Waals surface area contributed by atoms with Crippen molar-refractivity contribution in [3.8, 4) is 0 Å². The van der Waals surface area contributed by atoms with Crippen LogP contribution < -0.4 is 5.32 Å². The van der Waals surface area contributed by atoms with Crippen LogP contribution in [0, 0.1) is 5.92 Å². The highest BCUT2D eigenvalue weighted by Gasteiger charge is 2.13. The van der Waals surface area contributed by atoms with Gasteiger partial charge in [-0.25, -0.2) is 0 Å². The van der Waals surface area contributed by atoms with E-state index in [1.54, 1.807) is 0 Å². The van der Waals surface area contributed by atoms with Crippen molar-refractivity contribution in [3.63, 3.8) is 0 Å². The minimum atomic E-state index is -0.175. The molecule has 0 aliphatic heterocycles. The molecular formula is C12H15Br2NO2. The molecule has 1 aromatic carbocycles. The van der Waals surface area contributed by atoms with Crippen LogP contribution in [0.1, 0.15) is 13.8 Å². The number of nitrogens with one attached hydrogen (secondary N) is 1. The number of hydrogen-bond donors (Lipinski definition) is 1. The van der Waals surface area contributed by atoms with E-state index in [4.69, 9.17) is 4.74 Å². The predicted octanol–water partition coefficient (Wildman–Crippen LogP) is 3.82. The molecule has 0 bridgehead atoms. The summed E-state index contributed by atoms with van der Waals surface area (Å²) in [6, 6.07) is 5.85. The SMILES string of the molecule is CCOC(=O)C(C)CNc1cc(Br)ccc1Br. The number of halogens is 2. The van der Waals surface area contributed by atoms with Crippen molar-refractivity contribution in [3.05, 3.63) is 27.1 Å². The van der Waals surface area contributed by atoms with Crippen LogP contribution in [0.15, 0.2) is 27.1 Å². The van der Waals surface area contributed by atoms with Gasteiger partial charge >= 0.3 is 5.97 Å². The van der Waals surface area contributed by atoms with E-state index < -0.39 is 0 Å². The largest absolute Gasteiger partial charge is 0.466 e. The third kappa shape index (κ3) is 4.68. The molecule has 1 unspecified atom stereocenters. The summed E-state index contributed by atoms with van der Waals surface area (Å²) in [5.41, 5.74) is 0.954. The van der Waals surface area contributed by atoms with Gasteiger partial charge in [0.05, 0.1) is 12.5 Å². The van der Waals surface area contributed by atoms with Crippen LogP contribution in [0.5, 0.6) is 0 Å². The summed E-state index contributed by atoms with van der Waals surface area (Å²) in [5.74, 6) is -0.341. The van der Waals surface area contributed by atoms with E-state index in [1.807, 2.05) is 32.0 Å². The molecule has 0 aliphatic rings. The molecule has 0 saturated carbocycles. The Morgan fingerprint density at radius 2 is 2.18 bits per heavy atom. The smallest absolute Gasteiger partial charge is 0.310 e. The number of hydrogen-bond acceptors (Lipinski definition) is 3. The number of rotatable bonds is 5. The Balaban J connectivity index is 2.55. The molecule has 1 N–H and O–H groups in total. The van der Waals surface area contributed by atoms with Crippen LogP contribution >= 0.6 is 31.9 Å². The molecule has 17 heavy (non-hydrogen) atoms. The molecule has 0 fully saturated rings. The summed E-state index contributed by atoms with van der Waals surface area (Å²) < 4.78 is 6.91. The lowest BCUT2D eigenvalue weighted by Crippen LogP contribution is -2.22. The zero-order valence-corrected chi connectivity index (χ0v) is 13.0. The summed E-state index contributed by atoms with van der Waals surface area (Å²) in [6.07, 6.45) is 0. The fourth-order valence-electron chi connectivity index (χ4n) is 1.26. The Morgan fingerprint density at radius 3 is 2.82 bits per heavy atom. The summed E-state index contributed by atoms with van der Waals surface area (Å²) in [4.78, 5) is 11.4. The molecule has 1 aromatic rings. The first kappa shape index (κ1) is 14.5. The van der Waals surface area contributed by atoms with Gasteiger partial charge in [-0.3, -0.25) is 4.79 Å². The summed E-state index contributed by atoms with van der Waals surface area (Å²) in [5, 5.41) is 3.22. The third-order valence-electron chi connectivity index (χ3n) is 2.22. The van der Waals surface area contributed by atoms with E-state index in [0.29, 0.717) is 13.2 Å². The second-order valence-electron chi connectivity index (χ2n) is 3.66. The van der Waals surface area contributed by atoms with Gasteiger partial charge in [-0.15, -0.1) is 0 Å². The Hall–Kier alpha value is -0.550. The molecule has 3 nitrogen and oxygen atoms in total. The molecule has 0 radical (unpaired) electrons. The predicted molar refractivity (Wildman–Crippen MR) is 76.1 cm³/mol. The van der Waals surface area contributed by atoms with Crippen LogP contribution in [0.4, 0.5) is 5.69 Å². The van der Waals surface area contributed by atoms with Crippen molar-refractivity contribution in [1.29, 1.82) is 0 Å². The maximum Gasteiger partial charge on any atom is 0.310 e. The average molecular weight is 365 g/mol. The van der Waals surface area contributed by atoms with Gasteiger partial charge in [-0.1, -0.05) is 22.9 Å². The first-order valence-electron chi connectivity index (χ1n) is 5.40. The molecule has 0 heterocycles. The van der Waals surface area contributed by atoms with Gasteiger partial charge in [0.25, 0.3) is 0 Å². The van der Waals surface area contributed by atoms with Gasteiger partial charge in [0.2, 0.25) is 0 Å². The van der Waals surface area contributed by atoms with E-state index in [9.17, 15) is 4.79 Å². The van der Waals surface area contributed by atoms with Crippen LogP contribution in [-0.4, -0.2) is 19.1 Å². The molecule has 5 heteroatoms. The Kier molecular flexibility index (Phi) is 5.98. The molecule has 0 amide bonds. The number of benzene rings is 1. The maximum absolute atomic E-state index is 11.4.